The fourth-order valence-corrected chi connectivity index (χ4v) is 8.32. The van der Waals surface area contributed by atoms with Crippen LogP contribution in [0.3, 0.4) is 0 Å². The lowest BCUT2D eigenvalue weighted by atomic mass is 9.45. The average Bonchev–Trinajstić information content (AvgIpc) is 3.35. The molecule has 2 bridgehead atoms. The van der Waals surface area contributed by atoms with Crippen LogP contribution in [-0.4, -0.2) is 67.0 Å². The van der Waals surface area contributed by atoms with Crippen molar-refractivity contribution in [3.05, 3.63) is 65.7 Å². The van der Waals surface area contributed by atoms with Crippen LogP contribution in [0.1, 0.15) is 51.7 Å². The summed E-state index contributed by atoms with van der Waals surface area (Å²) in [5.41, 5.74) is 1.81. The molecule has 4 fully saturated rings. The first kappa shape index (κ1) is 31.6. The molecule has 6 rings (SSSR count). The minimum Gasteiger partial charge on any atom is -0.394 e. The molecule has 4 aliphatic rings. The molecule has 1 aliphatic heterocycles. The number of aliphatic hydroxyl groups is 2. The van der Waals surface area contributed by atoms with Gasteiger partial charge in [0.15, 0.2) is 0 Å². The Morgan fingerprint density at radius 1 is 1.16 bits per heavy atom. The predicted molar refractivity (Wildman–Crippen MR) is 163 cm³/mol. The molecule has 1 amide bonds. The van der Waals surface area contributed by atoms with Gasteiger partial charge in [0.1, 0.15) is 12.1 Å². The number of fused-ring (bicyclic) bond motifs is 2. The van der Waals surface area contributed by atoms with Crippen molar-refractivity contribution in [3.63, 3.8) is 0 Å². The Morgan fingerprint density at radius 2 is 1.91 bits per heavy atom. The summed E-state index contributed by atoms with van der Waals surface area (Å²) < 4.78 is 27.3. The molecule has 0 unspecified atom stereocenters. The summed E-state index contributed by atoms with van der Waals surface area (Å²) in [6.45, 7) is 8.37. The normalized spacial score (nSPS) is 30.5. The third-order valence-corrected chi connectivity index (χ3v) is 11.4. The molecular formula is C33H43N3O6S. The lowest BCUT2D eigenvalue weighted by Gasteiger charge is -2.62. The Bertz CT molecular complexity index is 1470. The van der Waals surface area contributed by atoms with Crippen LogP contribution in [0.25, 0.3) is 0 Å². The number of sulfonamides is 1. The van der Waals surface area contributed by atoms with Crippen molar-refractivity contribution in [2.24, 2.45) is 29.1 Å². The standard InChI is InChI=1S/C33H43N3O6S/c1-21-27-17-25(33(27,3)4)18-28(21)35-32(39)31-30(22(2)38)29(20-37)42-36(31)19-24-11-8-10-23(16-24)12-9-15-34-43(40,41)26-13-6-5-7-14-26/h5-8,10-11,13-14,16,21-22,25,27-31,34,37-38H,15,17-20H2,1-4H3,(H,35,39)/t21-,22-,25+,27+,28-,29-,30+,31-/m0/s1. The van der Waals surface area contributed by atoms with Crippen LogP contribution in [0, 0.1) is 40.9 Å². The molecular weight excluding hydrogens is 566 g/mol. The van der Waals surface area contributed by atoms with E-state index in [-0.39, 0.29) is 36.5 Å². The monoisotopic (exact) mass is 609 g/mol. The van der Waals surface area contributed by atoms with Crippen LogP contribution in [-0.2, 0) is 26.2 Å². The van der Waals surface area contributed by atoms with Gasteiger partial charge in [-0.05, 0) is 72.8 Å². The van der Waals surface area contributed by atoms with Crippen molar-refractivity contribution in [2.45, 2.75) is 76.3 Å². The lowest BCUT2D eigenvalue weighted by Crippen LogP contribution is -2.62. The summed E-state index contributed by atoms with van der Waals surface area (Å²) >= 11 is 0. The van der Waals surface area contributed by atoms with Gasteiger partial charge in [-0.15, -0.1) is 0 Å². The maximum Gasteiger partial charge on any atom is 0.241 e. The van der Waals surface area contributed by atoms with Gasteiger partial charge in [-0.25, -0.2) is 8.42 Å². The largest absolute Gasteiger partial charge is 0.394 e. The molecule has 1 saturated heterocycles. The van der Waals surface area contributed by atoms with Gasteiger partial charge in [0.2, 0.25) is 15.9 Å². The highest BCUT2D eigenvalue weighted by Gasteiger charge is 2.57. The van der Waals surface area contributed by atoms with Gasteiger partial charge < -0.3 is 15.5 Å². The van der Waals surface area contributed by atoms with Gasteiger partial charge in [0.05, 0.1) is 30.7 Å². The first-order valence-corrected chi connectivity index (χ1v) is 16.6. The Hall–Kier alpha value is -2.78. The molecule has 1 heterocycles. The average molecular weight is 610 g/mol. The fourth-order valence-electron chi connectivity index (χ4n) is 7.37. The first-order valence-electron chi connectivity index (χ1n) is 15.1. The van der Waals surface area contributed by atoms with E-state index >= 15 is 0 Å². The van der Waals surface area contributed by atoms with Crippen molar-refractivity contribution < 1.29 is 28.3 Å². The summed E-state index contributed by atoms with van der Waals surface area (Å²) in [4.78, 5) is 20.1. The highest BCUT2D eigenvalue weighted by Crippen LogP contribution is 2.61. The van der Waals surface area contributed by atoms with Crippen molar-refractivity contribution >= 4 is 15.9 Å². The Morgan fingerprint density at radius 3 is 2.56 bits per heavy atom. The number of hydroxylamine groups is 2. The molecule has 3 saturated carbocycles. The molecule has 3 aliphatic carbocycles. The van der Waals surface area contributed by atoms with E-state index in [0.717, 1.165) is 12.0 Å². The van der Waals surface area contributed by atoms with E-state index in [1.807, 2.05) is 24.3 Å². The molecule has 8 atom stereocenters. The molecule has 10 heteroatoms. The van der Waals surface area contributed by atoms with Gasteiger partial charge in [0, 0.05) is 17.5 Å². The van der Waals surface area contributed by atoms with Crippen molar-refractivity contribution in [2.75, 3.05) is 13.2 Å². The molecule has 232 valence electrons. The third kappa shape index (κ3) is 6.53. The van der Waals surface area contributed by atoms with E-state index in [1.54, 1.807) is 30.2 Å². The van der Waals surface area contributed by atoms with E-state index in [2.05, 4.69) is 42.7 Å². The molecule has 0 spiro atoms. The molecule has 2 aromatic carbocycles. The van der Waals surface area contributed by atoms with Crippen LogP contribution in [0.15, 0.2) is 59.5 Å². The molecule has 0 radical (unpaired) electrons. The number of hydrogen-bond acceptors (Lipinski definition) is 7. The van der Waals surface area contributed by atoms with E-state index in [0.29, 0.717) is 28.7 Å². The van der Waals surface area contributed by atoms with Gasteiger partial charge >= 0.3 is 0 Å². The second-order valence-corrected chi connectivity index (χ2v) is 14.6. The van der Waals surface area contributed by atoms with Gasteiger partial charge in [0.25, 0.3) is 0 Å². The summed E-state index contributed by atoms with van der Waals surface area (Å²) in [6.07, 6.45) is 0.563. The molecule has 4 N–H and O–H groups in total. The zero-order valence-electron chi connectivity index (χ0n) is 25.2. The van der Waals surface area contributed by atoms with Crippen molar-refractivity contribution in [3.8, 4) is 11.8 Å². The second-order valence-electron chi connectivity index (χ2n) is 12.9. The topological polar surface area (TPSA) is 128 Å². The van der Waals surface area contributed by atoms with Gasteiger partial charge in [-0.2, -0.15) is 9.79 Å². The predicted octanol–water partition coefficient (Wildman–Crippen LogP) is 2.68. The smallest absolute Gasteiger partial charge is 0.241 e. The zero-order chi connectivity index (χ0) is 30.9. The van der Waals surface area contributed by atoms with E-state index in [1.165, 1.54) is 18.6 Å². The highest BCUT2D eigenvalue weighted by molar-refractivity contribution is 7.89. The minimum atomic E-state index is -3.65. The maximum atomic E-state index is 13.8. The van der Waals surface area contributed by atoms with Gasteiger partial charge in [-0.1, -0.05) is 62.9 Å². The summed E-state index contributed by atoms with van der Waals surface area (Å²) in [6, 6.07) is 14.8. The van der Waals surface area contributed by atoms with Crippen molar-refractivity contribution in [1.82, 2.24) is 15.1 Å². The number of carbonyl (C=O) groups is 1. The summed E-state index contributed by atoms with van der Waals surface area (Å²) in [7, 11) is -3.65. The number of aliphatic hydroxyl groups excluding tert-OH is 2. The summed E-state index contributed by atoms with van der Waals surface area (Å²) in [5, 5.41) is 25.6. The third-order valence-electron chi connectivity index (χ3n) is 9.96. The zero-order valence-corrected chi connectivity index (χ0v) is 26.0. The Kier molecular flexibility index (Phi) is 9.33. The number of nitrogens with zero attached hydrogens (tertiary/aromatic N) is 1. The maximum absolute atomic E-state index is 13.8. The molecule has 0 aromatic heterocycles. The Balaban J connectivity index is 1.27. The van der Waals surface area contributed by atoms with Crippen LogP contribution in [0.2, 0.25) is 0 Å². The first-order chi connectivity index (χ1) is 20.4. The van der Waals surface area contributed by atoms with Crippen LogP contribution < -0.4 is 10.0 Å². The quantitative estimate of drug-likeness (QED) is 0.322. The van der Waals surface area contributed by atoms with Crippen LogP contribution in [0.4, 0.5) is 0 Å². The summed E-state index contributed by atoms with van der Waals surface area (Å²) in [5.74, 6) is 6.57. The minimum absolute atomic E-state index is 0.0499. The number of carbonyl (C=O) groups excluding carboxylic acids is 1. The van der Waals surface area contributed by atoms with Crippen molar-refractivity contribution in [1.29, 1.82) is 0 Å². The Labute approximate surface area is 255 Å². The molecule has 43 heavy (non-hydrogen) atoms. The number of amides is 1. The van der Waals surface area contributed by atoms with Crippen LogP contribution in [0.5, 0.6) is 0 Å². The second kappa shape index (κ2) is 12.7. The number of hydrogen-bond donors (Lipinski definition) is 4. The molecule has 9 nitrogen and oxygen atoms in total. The van der Waals surface area contributed by atoms with Crippen LogP contribution >= 0.6 is 0 Å². The molecule has 2 aromatic rings. The SMILES string of the molecule is C[C@@H]1[C@@H](NC(=O)[C@@H]2[C@H]([C@H](C)O)[C@H](CO)ON2Cc2cccc(C#CCNS(=O)(=O)c3ccccc3)c2)C[C@H]2C[C@H]1C2(C)C. The number of benzene rings is 2. The van der Waals surface area contributed by atoms with E-state index in [4.69, 9.17) is 4.84 Å². The van der Waals surface area contributed by atoms with E-state index < -0.39 is 34.2 Å². The number of nitrogens with one attached hydrogen (secondary N) is 2. The number of rotatable bonds is 9. The lowest BCUT2D eigenvalue weighted by molar-refractivity contribution is -0.183. The highest BCUT2D eigenvalue weighted by atomic mass is 32.2. The fraction of sp³-hybridized carbons (Fsp3) is 0.545. The van der Waals surface area contributed by atoms with E-state index in [9.17, 15) is 23.4 Å². The van der Waals surface area contributed by atoms with Gasteiger partial charge in [-0.3, -0.25) is 9.63 Å².